The van der Waals surface area contributed by atoms with E-state index in [4.69, 9.17) is 4.74 Å². The van der Waals surface area contributed by atoms with Gasteiger partial charge in [0.05, 0.1) is 19.2 Å². The summed E-state index contributed by atoms with van der Waals surface area (Å²) in [5.41, 5.74) is 2.14. The van der Waals surface area contributed by atoms with Crippen molar-refractivity contribution in [3.63, 3.8) is 0 Å². The van der Waals surface area contributed by atoms with Gasteiger partial charge in [0.2, 0.25) is 5.91 Å². The molecule has 116 valence electrons. The van der Waals surface area contributed by atoms with Gasteiger partial charge >= 0.3 is 0 Å². The van der Waals surface area contributed by atoms with Crippen molar-refractivity contribution >= 4 is 5.91 Å². The third-order valence-corrected chi connectivity index (χ3v) is 3.34. The number of benzene rings is 2. The number of carbonyl (C=O) groups excluding carboxylic acids is 1. The summed E-state index contributed by atoms with van der Waals surface area (Å²) >= 11 is 0. The Labute approximate surface area is 131 Å². The molecule has 2 aromatic carbocycles. The summed E-state index contributed by atoms with van der Waals surface area (Å²) in [5.74, 6) is -0.0335. The van der Waals surface area contributed by atoms with E-state index in [9.17, 15) is 4.79 Å². The van der Waals surface area contributed by atoms with E-state index >= 15 is 0 Å². The van der Waals surface area contributed by atoms with Crippen LogP contribution in [0.2, 0.25) is 0 Å². The Bertz CT molecular complexity index is 518. The first-order valence-electron chi connectivity index (χ1n) is 7.40. The summed E-state index contributed by atoms with van der Waals surface area (Å²) < 4.78 is 4.95. The Kier molecular flexibility index (Phi) is 6.61. The molecule has 0 aromatic heterocycles. The normalized spacial score (nSPS) is 10.6. The predicted molar refractivity (Wildman–Crippen MR) is 87.6 cm³/mol. The van der Waals surface area contributed by atoms with Gasteiger partial charge in [0.15, 0.2) is 0 Å². The van der Waals surface area contributed by atoms with Gasteiger partial charge in [-0.15, -0.1) is 0 Å². The molecule has 4 nitrogen and oxygen atoms in total. The van der Waals surface area contributed by atoms with Crippen molar-refractivity contribution < 1.29 is 9.53 Å². The zero-order valence-electron chi connectivity index (χ0n) is 12.8. The second-order valence-electron chi connectivity index (χ2n) is 4.99. The Morgan fingerprint density at radius 1 is 1.00 bits per heavy atom. The average Bonchev–Trinajstić information content (AvgIpc) is 2.58. The Hall–Kier alpha value is -2.17. The van der Waals surface area contributed by atoms with Crippen molar-refractivity contribution in [3.8, 4) is 0 Å². The second kappa shape index (κ2) is 8.97. The number of hydrogen-bond donors (Lipinski definition) is 2. The molecule has 1 amide bonds. The first-order chi connectivity index (χ1) is 10.8. The molecule has 0 radical (unpaired) electrons. The molecule has 0 aliphatic heterocycles. The topological polar surface area (TPSA) is 50.4 Å². The lowest BCUT2D eigenvalue weighted by Gasteiger charge is -2.20. The molecule has 0 heterocycles. The number of ether oxygens (including phenoxy) is 1. The first-order valence-corrected chi connectivity index (χ1v) is 7.40. The standard InChI is InChI=1S/C18H22N2O2/c1-22-13-12-19-14-17(21)20-18(15-8-4-2-5-9-15)16-10-6-3-7-11-16/h2-11,18-19H,12-14H2,1H3,(H,20,21). The number of carbonyl (C=O) groups is 1. The molecule has 0 aliphatic carbocycles. The molecule has 0 unspecified atom stereocenters. The minimum Gasteiger partial charge on any atom is -0.383 e. The molecular formula is C18H22N2O2. The first kappa shape index (κ1) is 16.2. The molecule has 2 rings (SSSR count). The third kappa shape index (κ3) is 4.98. The molecule has 0 saturated heterocycles. The quantitative estimate of drug-likeness (QED) is 0.734. The highest BCUT2D eigenvalue weighted by Crippen LogP contribution is 2.21. The van der Waals surface area contributed by atoms with Crippen LogP contribution in [0.5, 0.6) is 0 Å². The minimum absolute atomic E-state index is 0.0335. The van der Waals surface area contributed by atoms with Gasteiger partial charge in [0.25, 0.3) is 0 Å². The van der Waals surface area contributed by atoms with Crippen LogP contribution in [0.4, 0.5) is 0 Å². The van der Waals surface area contributed by atoms with Crippen LogP contribution in [0.25, 0.3) is 0 Å². The Morgan fingerprint density at radius 3 is 2.05 bits per heavy atom. The van der Waals surface area contributed by atoms with Gasteiger partial charge < -0.3 is 15.4 Å². The molecule has 4 heteroatoms. The molecule has 0 fully saturated rings. The number of methoxy groups -OCH3 is 1. The lowest BCUT2D eigenvalue weighted by Crippen LogP contribution is -2.37. The molecule has 22 heavy (non-hydrogen) atoms. The van der Waals surface area contributed by atoms with Gasteiger partial charge in [-0.25, -0.2) is 0 Å². The van der Waals surface area contributed by atoms with E-state index in [0.29, 0.717) is 13.2 Å². The summed E-state index contributed by atoms with van der Waals surface area (Å²) in [6, 6.07) is 19.8. The van der Waals surface area contributed by atoms with Crippen LogP contribution in [-0.4, -0.2) is 32.7 Å². The van der Waals surface area contributed by atoms with Crippen LogP contribution >= 0.6 is 0 Å². The maximum atomic E-state index is 12.1. The predicted octanol–water partition coefficient (Wildman–Crippen LogP) is 2.13. The highest BCUT2D eigenvalue weighted by atomic mass is 16.5. The zero-order chi connectivity index (χ0) is 15.6. The van der Waals surface area contributed by atoms with Crippen LogP contribution in [0.15, 0.2) is 60.7 Å². The Morgan fingerprint density at radius 2 is 1.55 bits per heavy atom. The van der Waals surface area contributed by atoms with E-state index in [2.05, 4.69) is 10.6 Å². The number of amides is 1. The minimum atomic E-state index is -0.140. The monoisotopic (exact) mass is 298 g/mol. The molecule has 0 saturated carbocycles. The molecular weight excluding hydrogens is 276 g/mol. The molecule has 0 aliphatic rings. The third-order valence-electron chi connectivity index (χ3n) is 3.34. The van der Waals surface area contributed by atoms with Crippen molar-refractivity contribution in [1.29, 1.82) is 0 Å². The van der Waals surface area contributed by atoms with Gasteiger partial charge in [0, 0.05) is 13.7 Å². The highest BCUT2D eigenvalue weighted by Gasteiger charge is 2.15. The van der Waals surface area contributed by atoms with Crippen molar-refractivity contribution in [2.24, 2.45) is 0 Å². The van der Waals surface area contributed by atoms with Gasteiger partial charge in [-0.1, -0.05) is 60.7 Å². The van der Waals surface area contributed by atoms with Crippen LogP contribution in [0, 0.1) is 0 Å². The SMILES string of the molecule is COCCNCC(=O)NC(c1ccccc1)c1ccccc1. The summed E-state index contributed by atoms with van der Waals surface area (Å²) in [6.07, 6.45) is 0. The molecule has 2 N–H and O–H groups in total. The van der Waals surface area contributed by atoms with Crippen molar-refractivity contribution in [2.75, 3.05) is 26.8 Å². The summed E-state index contributed by atoms with van der Waals surface area (Å²) in [5, 5.41) is 6.14. The number of rotatable bonds is 8. The van der Waals surface area contributed by atoms with E-state index in [1.807, 2.05) is 60.7 Å². The molecule has 0 spiro atoms. The van der Waals surface area contributed by atoms with E-state index in [1.54, 1.807) is 7.11 Å². The van der Waals surface area contributed by atoms with Crippen molar-refractivity contribution in [1.82, 2.24) is 10.6 Å². The molecule has 2 aromatic rings. The number of nitrogens with one attached hydrogen (secondary N) is 2. The zero-order valence-corrected chi connectivity index (χ0v) is 12.8. The van der Waals surface area contributed by atoms with Crippen LogP contribution < -0.4 is 10.6 Å². The average molecular weight is 298 g/mol. The van der Waals surface area contributed by atoms with E-state index < -0.39 is 0 Å². The molecule has 0 atom stereocenters. The fourth-order valence-corrected chi connectivity index (χ4v) is 2.24. The number of hydrogen-bond acceptors (Lipinski definition) is 3. The fourth-order valence-electron chi connectivity index (χ4n) is 2.24. The van der Waals surface area contributed by atoms with Crippen LogP contribution in [0.1, 0.15) is 17.2 Å². The molecule has 0 bridgehead atoms. The van der Waals surface area contributed by atoms with Gasteiger partial charge in [-0.05, 0) is 11.1 Å². The van der Waals surface area contributed by atoms with Crippen molar-refractivity contribution in [3.05, 3.63) is 71.8 Å². The largest absolute Gasteiger partial charge is 0.383 e. The van der Waals surface area contributed by atoms with E-state index in [-0.39, 0.29) is 18.5 Å². The second-order valence-corrected chi connectivity index (χ2v) is 4.99. The van der Waals surface area contributed by atoms with E-state index in [1.165, 1.54) is 0 Å². The summed E-state index contributed by atoms with van der Waals surface area (Å²) in [6.45, 7) is 1.53. The summed E-state index contributed by atoms with van der Waals surface area (Å²) in [7, 11) is 1.64. The smallest absolute Gasteiger partial charge is 0.234 e. The van der Waals surface area contributed by atoms with Crippen LogP contribution in [0.3, 0.4) is 0 Å². The van der Waals surface area contributed by atoms with Crippen LogP contribution in [-0.2, 0) is 9.53 Å². The lowest BCUT2D eigenvalue weighted by atomic mass is 9.99. The summed E-state index contributed by atoms with van der Waals surface area (Å²) in [4.78, 5) is 12.1. The Balaban J connectivity index is 2.04. The van der Waals surface area contributed by atoms with Crippen molar-refractivity contribution in [2.45, 2.75) is 6.04 Å². The maximum Gasteiger partial charge on any atom is 0.234 e. The highest BCUT2D eigenvalue weighted by molar-refractivity contribution is 5.79. The van der Waals surface area contributed by atoms with Gasteiger partial charge in [-0.2, -0.15) is 0 Å². The fraction of sp³-hybridized carbons (Fsp3) is 0.278. The van der Waals surface area contributed by atoms with E-state index in [0.717, 1.165) is 11.1 Å². The lowest BCUT2D eigenvalue weighted by molar-refractivity contribution is -0.120. The van der Waals surface area contributed by atoms with Gasteiger partial charge in [-0.3, -0.25) is 4.79 Å². The maximum absolute atomic E-state index is 12.1. The van der Waals surface area contributed by atoms with Gasteiger partial charge in [0.1, 0.15) is 0 Å².